The summed E-state index contributed by atoms with van der Waals surface area (Å²) in [7, 11) is 0. The van der Waals surface area contributed by atoms with Crippen molar-refractivity contribution < 1.29 is 0 Å². The van der Waals surface area contributed by atoms with E-state index in [0.29, 0.717) is 6.04 Å². The van der Waals surface area contributed by atoms with Gasteiger partial charge >= 0.3 is 0 Å². The van der Waals surface area contributed by atoms with Gasteiger partial charge in [-0.25, -0.2) is 0 Å². The molecule has 0 aromatic carbocycles. The largest absolute Gasteiger partial charge is 0.403 e. The summed E-state index contributed by atoms with van der Waals surface area (Å²) in [5.74, 6) is 0. The third kappa shape index (κ3) is 4.68. The summed E-state index contributed by atoms with van der Waals surface area (Å²) < 4.78 is 0. The molecule has 92 valence electrons. The van der Waals surface area contributed by atoms with Crippen LogP contribution in [0.15, 0.2) is 36.2 Å². The predicted molar refractivity (Wildman–Crippen MR) is 72.5 cm³/mol. The van der Waals surface area contributed by atoms with Gasteiger partial charge in [0.05, 0.1) is 11.4 Å². The van der Waals surface area contributed by atoms with Crippen molar-refractivity contribution in [3.63, 3.8) is 0 Å². The average Bonchev–Trinajstić information content (AvgIpc) is 2.23. The third-order valence-electron chi connectivity index (χ3n) is 2.57. The molecule has 5 N–H and O–H groups in total. The van der Waals surface area contributed by atoms with E-state index in [-0.39, 0.29) is 11.4 Å². The summed E-state index contributed by atoms with van der Waals surface area (Å²) in [4.78, 5) is 0. The SMILES string of the molecule is C=C(N)CCCC(C)NC1=CC(=N)C(=N)C=C1. The fraction of sp³-hybridized carbons (Fsp3) is 0.385. The molecule has 4 nitrogen and oxygen atoms in total. The summed E-state index contributed by atoms with van der Waals surface area (Å²) in [6.45, 7) is 5.76. The summed E-state index contributed by atoms with van der Waals surface area (Å²) in [5, 5.41) is 18.3. The van der Waals surface area contributed by atoms with Gasteiger partial charge in [-0.3, -0.25) is 10.8 Å². The molecule has 0 aromatic heterocycles. The zero-order valence-corrected chi connectivity index (χ0v) is 10.2. The Kier molecular flexibility index (Phi) is 4.69. The van der Waals surface area contributed by atoms with Gasteiger partial charge in [-0.1, -0.05) is 6.58 Å². The molecule has 0 amide bonds. The predicted octanol–water partition coefficient (Wildman–Crippen LogP) is 2.10. The number of allylic oxidation sites excluding steroid dienone is 4. The molecule has 1 rings (SSSR count). The van der Waals surface area contributed by atoms with Gasteiger partial charge in [0.15, 0.2) is 0 Å². The van der Waals surface area contributed by atoms with Gasteiger partial charge in [0, 0.05) is 17.4 Å². The Morgan fingerprint density at radius 3 is 2.71 bits per heavy atom. The van der Waals surface area contributed by atoms with Crippen LogP contribution in [0.2, 0.25) is 0 Å². The fourth-order valence-corrected chi connectivity index (χ4v) is 1.63. The maximum Gasteiger partial charge on any atom is 0.0809 e. The maximum atomic E-state index is 7.54. The van der Waals surface area contributed by atoms with Crippen molar-refractivity contribution in [1.29, 1.82) is 10.8 Å². The third-order valence-corrected chi connectivity index (χ3v) is 2.57. The van der Waals surface area contributed by atoms with Gasteiger partial charge in [-0.05, 0) is 44.4 Å². The minimum atomic E-state index is 0.248. The Bertz CT molecular complexity index is 390. The fourth-order valence-electron chi connectivity index (χ4n) is 1.63. The minimum Gasteiger partial charge on any atom is -0.403 e. The second-order valence-corrected chi connectivity index (χ2v) is 4.36. The molecular formula is C13H20N4. The minimum absolute atomic E-state index is 0.248. The van der Waals surface area contributed by atoms with Crippen molar-refractivity contribution in [1.82, 2.24) is 5.32 Å². The summed E-state index contributed by atoms with van der Waals surface area (Å²) in [6, 6.07) is 0.324. The van der Waals surface area contributed by atoms with Gasteiger partial charge in [0.25, 0.3) is 0 Å². The Balaban J connectivity index is 2.37. The van der Waals surface area contributed by atoms with Crippen molar-refractivity contribution in [3.8, 4) is 0 Å². The molecule has 0 aromatic rings. The number of rotatable bonds is 6. The lowest BCUT2D eigenvalue weighted by atomic mass is 10.1. The molecule has 0 spiro atoms. The molecule has 0 aliphatic heterocycles. The molecule has 0 bridgehead atoms. The van der Waals surface area contributed by atoms with Crippen LogP contribution < -0.4 is 11.1 Å². The first-order valence-electron chi connectivity index (χ1n) is 5.76. The lowest BCUT2D eigenvalue weighted by Crippen LogP contribution is -2.27. The summed E-state index contributed by atoms with van der Waals surface area (Å²) >= 11 is 0. The van der Waals surface area contributed by atoms with Gasteiger partial charge in [-0.15, -0.1) is 0 Å². The Morgan fingerprint density at radius 2 is 2.12 bits per heavy atom. The van der Waals surface area contributed by atoms with E-state index in [1.807, 2.05) is 6.08 Å². The molecule has 4 heteroatoms. The molecule has 0 fully saturated rings. The summed E-state index contributed by atoms with van der Waals surface area (Å²) in [6.07, 6.45) is 8.01. The maximum absolute atomic E-state index is 7.54. The lowest BCUT2D eigenvalue weighted by Gasteiger charge is -2.17. The standard InChI is InChI=1S/C13H20N4/c1-9(14)4-3-5-10(2)17-11-6-7-12(15)13(16)8-11/h6-8,10,15-17H,1,3-5,14H2,2H3. The van der Waals surface area contributed by atoms with Crippen LogP contribution >= 0.6 is 0 Å². The first-order valence-corrected chi connectivity index (χ1v) is 5.76. The van der Waals surface area contributed by atoms with Crippen LogP contribution in [-0.4, -0.2) is 17.5 Å². The molecule has 1 aliphatic rings. The molecular weight excluding hydrogens is 212 g/mol. The molecule has 17 heavy (non-hydrogen) atoms. The normalized spacial score (nSPS) is 16.6. The van der Waals surface area contributed by atoms with Crippen LogP contribution in [0.5, 0.6) is 0 Å². The van der Waals surface area contributed by atoms with Gasteiger partial charge in [0.2, 0.25) is 0 Å². The monoisotopic (exact) mass is 232 g/mol. The topological polar surface area (TPSA) is 85.8 Å². The Labute approximate surface area is 102 Å². The van der Waals surface area contributed by atoms with E-state index in [0.717, 1.165) is 30.7 Å². The smallest absolute Gasteiger partial charge is 0.0809 e. The second kappa shape index (κ2) is 6.03. The first-order chi connectivity index (χ1) is 7.99. The summed E-state index contributed by atoms with van der Waals surface area (Å²) in [5.41, 5.74) is 7.63. The van der Waals surface area contributed by atoms with E-state index >= 15 is 0 Å². The van der Waals surface area contributed by atoms with Crippen LogP contribution in [0.3, 0.4) is 0 Å². The van der Waals surface area contributed by atoms with E-state index in [4.69, 9.17) is 16.6 Å². The Hall–Kier alpha value is -1.84. The highest BCUT2D eigenvalue weighted by atomic mass is 14.9. The van der Waals surface area contributed by atoms with E-state index in [1.54, 1.807) is 12.2 Å². The highest BCUT2D eigenvalue weighted by molar-refractivity contribution is 6.49. The van der Waals surface area contributed by atoms with Crippen molar-refractivity contribution in [3.05, 3.63) is 36.2 Å². The molecule has 1 atom stereocenters. The molecule has 1 unspecified atom stereocenters. The van der Waals surface area contributed by atoms with E-state index in [2.05, 4.69) is 18.8 Å². The number of hydrogen-bond donors (Lipinski definition) is 4. The van der Waals surface area contributed by atoms with E-state index in [1.165, 1.54) is 0 Å². The number of hydrogen-bond acceptors (Lipinski definition) is 4. The van der Waals surface area contributed by atoms with Crippen LogP contribution in [-0.2, 0) is 0 Å². The van der Waals surface area contributed by atoms with E-state index in [9.17, 15) is 0 Å². The zero-order chi connectivity index (χ0) is 12.8. The van der Waals surface area contributed by atoms with Gasteiger partial charge in [0.1, 0.15) is 0 Å². The van der Waals surface area contributed by atoms with Crippen molar-refractivity contribution in [2.45, 2.75) is 32.2 Å². The van der Waals surface area contributed by atoms with Gasteiger partial charge in [-0.2, -0.15) is 0 Å². The van der Waals surface area contributed by atoms with E-state index < -0.39 is 0 Å². The quantitative estimate of drug-likeness (QED) is 0.529. The first kappa shape index (κ1) is 13.2. The van der Waals surface area contributed by atoms with Crippen molar-refractivity contribution >= 4 is 11.4 Å². The molecule has 0 heterocycles. The lowest BCUT2D eigenvalue weighted by molar-refractivity contribution is 0.549. The van der Waals surface area contributed by atoms with Crippen LogP contribution in [0, 0.1) is 10.8 Å². The Morgan fingerprint density at radius 1 is 1.41 bits per heavy atom. The highest BCUT2D eigenvalue weighted by Gasteiger charge is 2.08. The molecule has 0 saturated carbocycles. The zero-order valence-electron chi connectivity index (χ0n) is 10.2. The van der Waals surface area contributed by atoms with Crippen LogP contribution in [0.1, 0.15) is 26.2 Å². The molecule has 0 radical (unpaired) electrons. The number of nitrogens with two attached hydrogens (primary N) is 1. The van der Waals surface area contributed by atoms with Crippen LogP contribution in [0.4, 0.5) is 0 Å². The second-order valence-electron chi connectivity index (χ2n) is 4.36. The average molecular weight is 232 g/mol. The van der Waals surface area contributed by atoms with Crippen molar-refractivity contribution in [2.24, 2.45) is 5.73 Å². The van der Waals surface area contributed by atoms with Gasteiger partial charge < -0.3 is 11.1 Å². The number of nitrogens with one attached hydrogen (secondary N) is 3. The van der Waals surface area contributed by atoms with Crippen LogP contribution in [0.25, 0.3) is 0 Å². The highest BCUT2D eigenvalue weighted by Crippen LogP contribution is 2.08. The van der Waals surface area contributed by atoms with Crippen molar-refractivity contribution in [2.75, 3.05) is 0 Å². The molecule has 1 aliphatic carbocycles. The molecule has 0 saturated heterocycles.